The van der Waals surface area contributed by atoms with Crippen molar-refractivity contribution in [1.29, 1.82) is 0 Å². The molecule has 0 bridgehead atoms. The van der Waals surface area contributed by atoms with Crippen LogP contribution in [0.2, 0.25) is 0 Å². The van der Waals surface area contributed by atoms with E-state index >= 15 is 0 Å². The first-order valence-corrected chi connectivity index (χ1v) is 11.4. The lowest BCUT2D eigenvalue weighted by atomic mass is 10.2. The van der Waals surface area contributed by atoms with E-state index in [0.717, 1.165) is 11.1 Å². The summed E-state index contributed by atoms with van der Waals surface area (Å²) in [7, 11) is -3.46. The quantitative estimate of drug-likeness (QED) is 0.627. The van der Waals surface area contributed by atoms with Gasteiger partial charge in [-0.05, 0) is 30.2 Å². The number of nitrogens with zero attached hydrogens (tertiary/aromatic N) is 4. The Morgan fingerprint density at radius 3 is 2.50 bits per heavy atom. The molecule has 4 rings (SSSR count). The zero-order chi connectivity index (χ0) is 21.1. The molecule has 30 heavy (non-hydrogen) atoms. The number of aromatic nitrogens is 2. The molecule has 1 aliphatic heterocycles. The normalized spacial score (nSPS) is 16.4. The molecule has 1 saturated heterocycles. The second-order valence-corrected chi connectivity index (χ2v) is 9.22. The van der Waals surface area contributed by atoms with Gasteiger partial charge >= 0.3 is 0 Å². The summed E-state index contributed by atoms with van der Waals surface area (Å²) in [5.74, 6) is 0. The smallest absolute Gasteiger partial charge is 0.258 e. The zero-order valence-electron chi connectivity index (χ0n) is 16.8. The predicted octanol–water partition coefficient (Wildman–Crippen LogP) is 2.12. The fourth-order valence-corrected chi connectivity index (χ4v) is 4.75. The number of piperazine rings is 1. The number of hydrogen-bond donors (Lipinski definition) is 0. The third-order valence-electron chi connectivity index (χ3n) is 5.25. The fourth-order valence-electron chi connectivity index (χ4n) is 3.58. The first-order valence-electron chi connectivity index (χ1n) is 9.86. The number of sulfonamides is 1. The van der Waals surface area contributed by atoms with E-state index in [4.69, 9.17) is 0 Å². The monoisotopic (exact) mass is 424 g/mol. The second-order valence-electron chi connectivity index (χ2n) is 7.40. The lowest BCUT2D eigenvalue weighted by Crippen LogP contribution is -2.47. The van der Waals surface area contributed by atoms with Crippen molar-refractivity contribution in [3.63, 3.8) is 0 Å². The van der Waals surface area contributed by atoms with Gasteiger partial charge in [-0.1, -0.05) is 36.4 Å². The van der Waals surface area contributed by atoms with Crippen molar-refractivity contribution in [3.05, 3.63) is 87.3 Å². The Labute approximate surface area is 176 Å². The van der Waals surface area contributed by atoms with Gasteiger partial charge in [0.2, 0.25) is 10.0 Å². The third kappa shape index (κ3) is 4.51. The predicted molar refractivity (Wildman–Crippen MR) is 117 cm³/mol. The van der Waals surface area contributed by atoms with Crippen molar-refractivity contribution in [1.82, 2.24) is 18.6 Å². The van der Waals surface area contributed by atoms with E-state index in [-0.39, 0.29) is 5.56 Å². The van der Waals surface area contributed by atoms with Gasteiger partial charge in [0.05, 0.1) is 5.69 Å². The molecular weight excluding hydrogens is 400 g/mol. The molecule has 0 amide bonds. The Balaban J connectivity index is 1.41. The van der Waals surface area contributed by atoms with Gasteiger partial charge in [0.25, 0.3) is 5.56 Å². The van der Waals surface area contributed by atoms with Crippen LogP contribution in [0.15, 0.2) is 64.9 Å². The number of aryl methyl sites for hydroxylation is 1. The summed E-state index contributed by atoms with van der Waals surface area (Å²) in [5, 5.41) is 1.27. The van der Waals surface area contributed by atoms with Crippen molar-refractivity contribution in [2.75, 3.05) is 26.2 Å². The summed E-state index contributed by atoms with van der Waals surface area (Å²) < 4.78 is 28.3. The molecule has 8 heteroatoms. The van der Waals surface area contributed by atoms with Gasteiger partial charge in [0, 0.05) is 50.4 Å². The number of hydrogen-bond acceptors (Lipinski definition) is 5. The average molecular weight is 425 g/mol. The molecule has 3 heterocycles. The highest BCUT2D eigenvalue weighted by atomic mass is 32.2. The van der Waals surface area contributed by atoms with Crippen molar-refractivity contribution >= 4 is 21.7 Å². The van der Waals surface area contributed by atoms with Gasteiger partial charge in [-0.25, -0.2) is 13.4 Å². The number of benzene rings is 1. The van der Waals surface area contributed by atoms with Crippen LogP contribution in [0.1, 0.15) is 16.8 Å². The van der Waals surface area contributed by atoms with Crippen LogP contribution >= 0.6 is 0 Å². The molecule has 0 atom stereocenters. The fraction of sp³-hybridized carbons (Fsp3) is 0.273. The zero-order valence-corrected chi connectivity index (χ0v) is 17.6. The van der Waals surface area contributed by atoms with Crippen LogP contribution in [-0.4, -0.2) is 53.2 Å². The molecule has 1 aromatic carbocycles. The van der Waals surface area contributed by atoms with E-state index in [2.05, 4.69) is 9.88 Å². The number of pyridine rings is 1. The van der Waals surface area contributed by atoms with Crippen molar-refractivity contribution < 1.29 is 8.42 Å². The summed E-state index contributed by atoms with van der Waals surface area (Å²) in [4.78, 5) is 19.1. The number of rotatable bonds is 5. The molecule has 2 aromatic heterocycles. The standard InChI is InChI=1S/C22H24N4O3S/c1-18-6-5-10-26-21(27)16-20(23-22(18)26)17-24-11-13-25(14-12-24)30(28,29)15-9-19-7-3-2-4-8-19/h2-10,15-16H,11-14,17H2,1H3/b15-9+. The van der Waals surface area contributed by atoms with Crippen LogP contribution in [0.5, 0.6) is 0 Å². The maximum Gasteiger partial charge on any atom is 0.258 e. The van der Waals surface area contributed by atoms with Gasteiger partial charge in [0.15, 0.2) is 0 Å². The summed E-state index contributed by atoms with van der Waals surface area (Å²) in [6.45, 7) is 4.45. The molecule has 3 aromatic rings. The Kier molecular flexibility index (Phi) is 5.80. The van der Waals surface area contributed by atoms with Gasteiger partial charge in [-0.15, -0.1) is 0 Å². The second kappa shape index (κ2) is 8.51. The molecule has 1 aliphatic rings. The molecule has 0 N–H and O–H groups in total. The maximum atomic E-state index is 12.6. The van der Waals surface area contributed by atoms with Gasteiger partial charge in [0.1, 0.15) is 5.65 Å². The van der Waals surface area contributed by atoms with E-state index < -0.39 is 10.0 Å². The maximum absolute atomic E-state index is 12.6. The van der Waals surface area contributed by atoms with Gasteiger partial charge in [-0.3, -0.25) is 14.1 Å². The molecule has 1 fully saturated rings. The van der Waals surface area contributed by atoms with E-state index in [0.29, 0.717) is 44.1 Å². The van der Waals surface area contributed by atoms with E-state index in [1.165, 1.54) is 9.71 Å². The minimum atomic E-state index is -3.46. The van der Waals surface area contributed by atoms with Crippen LogP contribution < -0.4 is 5.56 Å². The lowest BCUT2D eigenvalue weighted by molar-refractivity contribution is 0.181. The van der Waals surface area contributed by atoms with Gasteiger partial charge in [-0.2, -0.15) is 4.31 Å². The highest BCUT2D eigenvalue weighted by Crippen LogP contribution is 2.14. The molecular formula is C22H24N4O3S. The van der Waals surface area contributed by atoms with E-state index in [1.807, 2.05) is 49.4 Å². The third-order valence-corrected chi connectivity index (χ3v) is 6.81. The molecule has 0 spiro atoms. The van der Waals surface area contributed by atoms with Crippen LogP contribution in [-0.2, 0) is 16.6 Å². The Morgan fingerprint density at radius 1 is 1.03 bits per heavy atom. The SMILES string of the molecule is Cc1cccn2c(=O)cc(CN3CCN(S(=O)(=O)/C=C/c4ccccc4)CC3)nc12. The first kappa shape index (κ1) is 20.5. The Morgan fingerprint density at radius 2 is 1.77 bits per heavy atom. The van der Waals surface area contributed by atoms with Crippen LogP contribution in [0.25, 0.3) is 11.7 Å². The largest absolute Gasteiger partial charge is 0.295 e. The van der Waals surface area contributed by atoms with Crippen molar-refractivity contribution in [3.8, 4) is 0 Å². The van der Waals surface area contributed by atoms with Crippen molar-refractivity contribution in [2.24, 2.45) is 0 Å². The molecule has 156 valence electrons. The Bertz CT molecular complexity index is 1230. The van der Waals surface area contributed by atoms with Crippen LogP contribution in [0, 0.1) is 6.92 Å². The molecule has 0 aliphatic carbocycles. The minimum Gasteiger partial charge on any atom is -0.295 e. The van der Waals surface area contributed by atoms with Crippen molar-refractivity contribution in [2.45, 2.75) is 13.5 Å². The van der Waals surface area contributed by atoms with Gasteiger partial charge < -0.3 is 0 Å². The average Bonchev–Trinajstić information content (AvgIpc) is 2.74. The van der Waals surface area contributed by atoms with Crippen LogP contribution in [0.3, 0.4) is 0 Å². The summed E-state index contributed by atoms with van der Waals surface area (Å²) >= 11 is 0. The number of fused-ring (bicyclic) bond motifs is 1. The van der Waals surface area contributed by atoms with E-state index in [1.54, 1.807) is 22.7 Å². The highest BCUT2D eigenvalue weighted by molar-refractivity contribution is 7.92. The molecule has 0 unspecified atom stereocenters. The molecule has 0 saturated carbocycles. The highest BCUT2D eigenvalue weighted by Gasteiger charge is 2.25. The molecule has 7 nitrogen and oxygen atoms in total. The summed E-state index contributed by atoms with van der Waals surface area (Å²) in [6.07, 6.45) is 3.34. The van der Waals surface area contributed by atoms with Crippen LogP contribution in [0.4, 0.5) is 0 Å². The summed E-state index contributed by atoms with van der Waals surface area (Å²) in [6, 6.07) is 14.7. The lowest BCUT2D eigenvalue weighted by Gasteiger charge is -2.33. The first-order chi connectivity index (χ1) is 14.4. The van der Waals surface area contributed by atoms with E-state index in [9.17, 15) is 13.2 Å². The topological polar surface area (TPSA) is 75.0 Å². The minimum absolute atomic E-state index is 0.106. The molecule has 0 radical (unpaired) electrons. The Hall–Kier alpha value is -2.81. The summed E-state index contributed by atoms with van der Waals surface area (Å²) in [5.41, 5.74) is 3.05.